The van der Waals surface area contributed by atoms with Crippen LogP contribution in [0.15, 0.2) is 18.2 Å². The van der Waals surface area contributed by atoms with E-state index in [0.717, 1.165) is 18.1 Å². The Morgan fingerprint density at radius 2 is 2.36 bits per heavy atom. The number of nitrogens with one attached hydrogen (secondary N) is 1. The minimum Gasteiger partial charge on any atom is -0.380 e. The molecule has 4 heteroatoms. The molecule has 0 saturated carbocycles. The average Bonchev–Trinajstić information content (AvgIpc) is 2.26. The van der Waals surface area contributed by atoms with Crippen LogP contribution in [0, 0.1) is 0 Å². The molecule has 1 rings (SSSR count). The summed E-state index contributed by atoms with van der Waals surface area (Å²) in [5.74, 6) is 0.844. The Morgan fingerprint density at radius 1 is 1.57 bits per heavy atom. The number of anilines is 1. The lowest BCUT2D eigenvalue weighted by molar-refractivity contribution is 0.128. The van der Waals surface area contributed by atoms with Crippen LogP contribution >= 0.6 is 0 Å². The van der Waals surface area contributed by atoms with Crippen LogP contribution in [0.5, 0.6) is 0 Å². The topological polar surface area (TPSA) is 60.2 Å². The molecule has 0 bridgehead atoms. The summed E-state index contributed by atoms with van der Waals surface area (Å²) in [6.45, 7) is 3.21. The van der Waals surface area contributed by atoms with Gasteiger partial charge in [-0.15, -0.1) is 0 Å². The lowest BCUT2D eigenvalue weighted by Gasteiger charge is -2.11. The van der Waals surface area contributed by atoms with Crippen molar-refractivity contribution in [1.82, 2.24) is 4.98 Å². The van der Waals surface area contributed by atoms with Gasteiger partial charge in [0.1, 0.15) is 5.82 Å². The maximum absolute atomic E-state index is 5.49. The van der Waals surface area contributed by atoms with E-state index in [-0.39, 0.29) is 6.10 Å². The molecule has 1 aromatic rings. The molecule has 1 heterocycles. The van der Waals surface area contributed by atoms with E-state index in [4.69, 9.17) is 10.5 Å². The second-order valence-electron chi connectivity index (χ2n) is 3.15. The van der Waals surface area contributed by atoms with E-state index in [1.807, 2.05) is 25.1 Å². The summed E-state index contributed by atoms with van der Waals surface area (Å²) in [4.78, 5) is 4.31. The summed E-state index contributed by atoms with van der Waals surface area (Å²) < 4.78 is 5.11. The Kier molecular flexibility index (Phi) is 4.35. The first kappa shape index (κ1) is 10.9. The Balaban J connectivity index is 2.50. The largest absolute Gasteiger partial charge is 0.380 e. The van der Waals surface area contributed by atoms with E-state index in [1.54, 1.807) is 7.11 Å². The SMILES string of the molecule is COC(C)CNc1cccc(CN)n1. The van der Waals surface area contributed by atoms with Crippen LogP contribution in [0.4, 0.5) is 5.82 Å². The van der Waals surface area contributed by atoms with Crippen LogP contribution in [0.3, 0.4) is 0 Å². The average molecular weight is 195 g/mol. The van der Waals surface area contributed by atoms with Gasteiger partial charge in [-0.2, -0.15) is 0 Å². The zero-order chi connectivity index (χ0) is 10.4. The van der Waals surface area contributed by atoms with Gasteiger partial charge >= 0.3 is 0 Å². The molecule has 0 saturated heterocycles. The van der Waals surface area contributed by atoms with Crippen molar-refractivity contribution in [2.24, 2.45) is 5.73 Å². The molecule has 0 amide bonds. The van der Waals surface area contributed by atoms with Gasteiger partial charge in [-0.05, 0) is 19.1 Å². The van der Waals surface area contributed by atoms with Gasteiger partial charge in [0, 0.05) is 20.2 Å². The molecule has 1 aromatic heterocycles. The van der Waals surface area contributed by atoms with Gasteiger partial charge in [0.2, 0.25) is 0 Å². The van der Waals surface area contributed by atoms with Gasteiger partial charge in [-0.3, -0.25) is 0 Å². The molecule has 0 aliphatic carbocycles. The summed E-state index contributed by atoms with van der Waals surface area (Å²) in [6, 6.07) is 5.77. The van der Waals surface area contributed by atoms with Gasteiger partial charge < -0.3 is 15.8 Å². The molecule has 1 unspecified atom stereocenters. The third kappa shape index (κ3) is 3.32. The van der Waals surface area contributed by atoms with Crippen molar-refractivity contribution in [1.29, 1.82) is 0 Å². The molecular weight excluding hydrogens is 178 g/mol. The van der Waals surface area contributed by atoms with Crippen LogP contribution in [0.2, 0.25) is 0 Å². The molecule has 1 atom stereocenters. The van der Waals surface area contributed by atoms with Crippen LogP contribution in [-0.2, 0) is 11.3 Å². The van der Waals surface area contributed by atoms with Gasteiger partial charge in [-0.25, -0.2) is 4.98 Å². The van der Waals surface area contributed by atoms with Crippen molar-refractivity contribution < 1.29 is 4.74 Å². The van der Waals surface area contributed by atoms with Gasteiger partial charge in [0.15, 0.2) is 0 Å². The second kappa shape index (κ2) is 5.57. The van der Waals surface area contributed by atoms with Crippen molar-refractivity contribution in [3.63, 3.8) is 0 Å². The van der Waals surface area contributed by atoms with Crippen molar-refractivity contribution in [3.05, 3.63) is 23.9 Å². The normalized spacial score (nSPS) is 12.5. The van der Waals surface area contributed by atoms with Gasteiger partial charge in [0.25, 0.3) is 0 Å². The summed E-state index contributed by atoms with van der Waals surface area (Å²) in [6.07, 6.45) is 0.179. The van der Waals surface area contributed by atoms with Gasteiger partial charge in [0.05, 0.1) is 11.8 Å². The van der Waals surface area contributed by atoms with Crippen molar-refractivity contribution >= 4 is 5.82 Å². The fourth-order valence-electron chi connectivity index (χ4n) is 1.02. The first-order valence-corrected chi connectivity index (χ1v) is 4.69. The highest BCUT2D eigenvalue weighted by Crippen LogP contribution is 2.04. The number of hydrogen-bond acceptors (Lipinski definition) is 4. The van der Waals surface area contributed by atoms with E-state index in [1.165, 1.54) is 0 Å². The highest BCUT2D eigenvalue weighted by atomic mass is 16.5. The van der Waals surface area contributed by atoms with E-state index < -0.39 is 0 Å². The fraction of sp³-hybridized carbons (Fsp3) is 0.500. The summed E-state index contributed by atoms with van der Waals surface area (Å²) in [5.41, 5.74) is 6.37. The predicted octanol–water partition coefficient (Wildman–Crippen LogP) is 0.987. The minimum absolute atomic E-state index is 0.179. The minimum atomic E-state index is 0.179. The first-order chi connectivity index (χ1) is 6.76. The van der Waals surface area contributed by atoms with Crippen molar-refractivity contribution in [2.75, 3.05) is 19.0 Å². The molecule has 14 heavy (non-hydrogen) atoms. The molecule has 0 fully saturated rings. The Bertz CT molecular complexity index is 278. The number of nitrogens with two attached hydrogens (primary N) is 1. The highest BCUT2D eigenvalue weighted by molar-refractivity contribution is 5.35. The van der Waals surface area contributed by atoms with Crippen LogP contribution < -0.4 is 11.1 Å². The van der Waals surface area contributed by atoms with E-state index in [2.05, 4.69) is 10.3 Å². The zero-order valence-electron chi connectivity index (χ0n) is 8.66. The number of methoxy groups -OCH3 is 1. The molecule has 0 aliphatic rings. The standard InChI is InChI=1S/C10H17N3O/c1-8(14-2)7-12-10-5-3-4-9(6-11)13-10/h3-5,8H,6-7,11H2,1-2H3,(H,12,13). The molecule has 78 valence electrons. The van der Waals surface area contributed by atoms with E-state index >= 15 is 0 Å². The van der Waals surface area contributed by atoms with Crippen LogP contribution in [0.1, 0.15) is 12.6 Å². The molecule has 0 aromatic carbocycles. The summed E-state index contributed by atoms with van der Waals surface area (Å²) in [7, 11) is 1.69. The van der Waals surface area contributed by atoms with Crippen molar-refractivity contribution in [3.8, 4) is 0 Å². The highest BCUT2D eigenvalue weighted by Gasteiger charge is 2.00. The summed E-state index contributed by atoms with van der Waals surface area (Å²) >= 11 is 0. The number of aromatic nitrogens is 1. The number of rotatable bonds is 5. The predicted molar refractivity (Wildman–Crippen MR) is 57.1 cm³/mol. The number of pyridine rings is 1. The molecule has 0 aliphatic heterocycles. The maximum Gasteiger partial charge on any atom is 0.126 e. The van der Waals surface area contributed by atoms with E-state index in [9.17, 15) is 0 Å². The quantitative estimate of drug-likeness (QED) is 0.735. The van der Waals surface area contributed by atoms with Crippen LogP contribution in [-0.4, -0.2) is 24.7 Å². The monoisotopic (exact) mass is 195 g/mol. The number of hydrogen-bond donors (Lipinski definition) is 2. The molecular formula is C10H17N3O. The number of nitrogens with zero attached hydrogens (tertiary/aromatic N) is 1. The smallest absolute Gasteiger partial charge is 0.126 e. The molecule has 0 spiro atoms. The van der Waals surface area contributed by atoms with Crippen molar-refractivity contribution in [2.45, 2.75) is 19.6 Å². The van der Waals surface area contributed by atoms with Crippen LogP contribution in [0.25, 0.3) is 0 Å². The molecule has 3 N–H and O–H groups in total. The lowest BCUT2D eigenvalue weighted by Crippen LogP contribution is -2.18. The van der Waals surface area contributed by atoms with E-state index in [0.29, 0.717) is 6.54 Å². The lowest BCUT2D eigenvalue weighted by atomic mass is 10.3. The molecule has 0 radical (unpaired) electrons. The third-order valence-electron chi connectivity index (χ3n) is 1.99. The Labute approximate surface area is 84.5 Å². The zero-order valence-corrected chi connectivity index (χ0v) is 8.66. The summed E-state index contributed by atoms with van der Waals surface area (Å²) in [5, 5.41) is 3.18. The van der Waals surface area contributed by atoms with Gasteiger partial charge in [-0.1, -0.05) is 6.07 Å². The maximum atomic E-state index is 5.49. The Morgan fingerprint density at radius 3 is 3.00 bits per heavy atom. The molecule has 4 nitrogen and oxygen atoms in total. The number of ether oxygens (including phenoxy) is 1. The second-order valence-corrected chi connectivity index (χ2v) is 3.15. The third-order valence-corrected chi connectivity index (χ3v) is 1.99. The Hall–Kier alpha value is -1.13. The first-order valence-electron chi connectivity index (χ1n) is 4.69. The fourth-order valence-corrected chi connectivity index (χ4v) is 1.02.